The van der Waals surface area contributed by atoms with Crippen LogP contribution >= 0.6 is 0 Å². The maximum absolute atomic E-state index is 12.6. The van der Waals surface area contributed by atoms with Crippen molar-refractivity contribution in [2.24, 2.45) is 5.92 Å². The van der Waals surface area contributed by atoms with Crippen molar-refractivity contribution in [3.05, 3.63) is 24.3 Å². The Kier molecular flexibility index (Phi) is 4.44. The van der Waals surface area contributed by atoms with Gasteiger partial charge in [0.1, 0.15) is 5.75 Å². The highest BCUT2D eigenvalue weighted by molar-refractivity contribution is 7.89. The number of likely N-dealkylation sites (tertiary alicyclic amines) is 1. The van der Waals surface area contributed by atoms with Crippen LogP contribution in [0.15, 0.2) is 29.2 Å². The van der Waals surface area contributed by atoms with Crippen LogP contribution in [-0.2, 0) is 10.0 Å². The molecule has 1 saturated carbocycles. The molecule has 0 unspecified atom stereocenters. The van der Waals surface area contributed by atoms with Crippen LogP contribution in [0.5, 0.6) is 5.75 Å². The number of carboxylic acid groups (broad SMARTS) is 1. The van der Waals surface area contributed by atoms with Crippen molar-refractivity contribution in [2.45, 2.75) is 36.1 Å². The first-order valence-electron chi connectivity index (χ1n) is 8.02. The molecule has 3 rings (SSSR count). The summed E-state index contributed by atoms with van der Waals surface area (Å²) in [6.07, 6.45) is 2.09. The lowest BCUT2D eigenvalue weighted by atomic mass is 9.88. The van der Waals surface area contributed by atoms with Gasteiger partial charge < -0.3 is 14.7 Å². The first-order valence-corrected chi connectivity index (χ1v) is 9.50. The zero-order chi connectivity index (χ0) is 17.4. The van der Waals surface area contributed by atoms with Crippen molar-refractivity contribution in [3.8, 4) is 5.75 Å². The Morgan fingerprint density at radius 3 is 2.29 bits per heavy atom. The van der Waals surface area contributed by atoms with Gasteiger partial charge in [-0.1, -0.05) is 0 Å². The van der Waals surface area contributed by atoms with Gasteiger partial charge in [0, 0.05) is 18.6 Å². The van der Waals surface area contributed by atoms with E-state index >= 15 is 0 Å². The molecular weight excluding hydrogens is 332 g/mol. The van der Waals surface area contributed by atoms with E-state index in [1.807, 2.05) is 0 Å². The number of benzene rings is 1. The highest BCUT2D eigenvalue weighted by Gasteiger charge is 2.52. The predicted octanol–water partition coefficient (Wildman–Crippen LogP) is 1.90. The van der Waals surface area contributed by atoms with Crippen molar-refractivity contribution in [3.63, 3.8) is 0 Å². The number of nitrogens with zero attached hydrogens (tertiary/aromatic N) is 1. The molecule has 7 nitrogen and oxygen atoms in total. The molecule has 1 amide bonds. The van der Waals surface area contributed by atoms with Gasteiger partial charge in [-0.2, -0.15) is 0 Å². The number of sulfonamides is 1. The van der Waals surface area contributed by atoms with Crippen LogP contribution in [0.2, 0.25) is 0 Å². The first-order chi connectivity index (χ1) is 11.4. The number of amides is 1. The molecule has 0 atom stereocenters. The average molecular weight is 354 g/mol. The molecule has 1 heterocycles. The third-order valence-electron chi connectivity index (χ3n) is 5.04. The predicted molar refractivity (Wildman–Crippen MR) is 87.6 cm³/mol. The molecule has 1 aromatic rings. The fraction of sp³-hybridized carbons (Fsp3) is 0.562. The van der Waals surface area contributed by atoms with Gasteiger partial charge in [0.15, 0.2) is 0 Å². The molecule has 2 aliphatic rings. The summed E-state index contributed by atoms with van der Waals surface area (Å²) in [6.45, 7) is 0.929. The van der Waals surface area contributed by atoms with E-state index in [4.69, 9.17) is 9.84 Å². The largest absolute Gasteiger partial charge is 0.497 e. The van der Waals surface area contributed by atoms with Crippen LogP contribution in [0.1, 0.15) is 25.7 Å². The summed E-state index contributed by atoms with van der Waals surface area (Å²) in [7, 11) is -2.06. The smallest absolute Gasteiger partial charge is 0.407 e. The summed E-state index contributed by atoms with van der Waals surface area (Å²) in [5.41, 5.74) is -0.413. The Morgan fingerprint density at radius 1 is 1.25 bits per heavy atom. The second kappa shape index (κ2) is 6.25. The molecule has 1 saturated heterocycles. The minimum atomic E-state index is -3.60. The Labute approximate surface area is 141 Å². The Balaban J connectivity index is 1.69. The second-order valence-corrected chi connectivity index (χ2v) is 8.16. The molecule has 0 aromatic heterocycles. The van der Waals surface area contributed by atoms with Crippen molar-refractivity contribution in [2.75, 3.05) is 20.2 Å². The highest BCUT2D eigenvalue weighted by atomic mass is 32.2. The van der Waals surface area contributed by atoms with Crippen molar-refractivity contribution < 1.29 is 23.1 Å². The van der Waals surface area contributed by atoms with E-state index in [9.17, 15) is 13.2 Å². The lowest BCUT2D eigenvalue weighted by Crippen LogP contribution is -2.48. The molecule has 0 spiro atoms. The first kappa shape index (κ1) is 17.0. The van der Waals surface area contributed by atoms with E-state index in [0.29, 0.717) is 31.7 Å². The van der Waals surface area contributed by atoms with E-state index in [1.165, 1.54) is 24.1 Å². The second-order valence-electron chi connectivity index (χ2n) is 6.48. The molecule has 0 radical (unpaired) electrons. The van der Waals surface area contributed by atoms with E-state index in [-0.39, 0.29) is 10.8 Å². The molecule has 2 N–H and O–H groups in total. The Morgan fingerprint density at radius 2 is 1.83 bits per heavy atom. The topological polar surface area (TPSA) is 95.9 Å². The van der Waals surface area contributed by atoms with E-state index < -0.39 is 21.7 Å². The zero-order valence-corrected chi connectivity index (χ0v) is 14.4. The summed E-state index contributed by atoms with van der Waals surface area (Å²) in [5.74, 6) is 0.789. The van der Waals surface area contributed by atoms with E-state index in [2.05, 4.69) is 4.72 Å². The number of rotatable bonds is 5. The highest BCUT2D eigenvalue weighted by Crippen LogP contribution is 2.47. The normalized spacial score (nSPS) is 20.6. The van der Waals surface area contributed by atoms with Gasteiger partial charge in [-0.05, 0) is 55.9 Å². The summed E-state index contributed by atoms with van der Waals surface area (Å²) >= 11 is 0. The summed E-state index contributed by atoms with van der Waals surface area (Å²) in [4.78, 5) is 12.6. The van der Waals surface area contributed by atoms with Crippen LogP contribution < -0.4 is 9.46 Å². The quantitative estimate of drug-likeness (QED) is 0.842. The van der Waals surface area contributed by atoms with Crippen molar-refractivity contribution in [1.29, 1.82) is 0 Å². The third kappa shape index (κ3) is 3.34. The fourth-order valence-electron chi connectivity index (χ4n) is 3.43. The third-order valence-corrected chi connectivity index (χ3v) is 6.61. The number of hydrogen-bond donors (Lipinski definition) is 2. The summed E-state index contributed by atoms with van der Waals surface area (Å²) < 4.78 is 33.2. The SMILES string of the molecule is COc1ccc(S(=O)(=O)NC2(C3CCN(C(=O)O)CC3)CC2)cc1. The number of nitrogens with one attached hydrogen (secondary N) is 1. The maximum Gasteiger partial charge on any atom is 0.407 e. The standard InChI is InChI=1S/C16H22N2O5S/c1-23-13-2-4-14(5-3-13)24(21,22)17-16(8-9-16)12-6-10-18(11-7-12)15(19)20/h2-5,12,17H,6-11H2,1H3,(H,19,20). The molecule has 1 aliphatic carbocycles. The van der Waals surface area contributed by atoms with Crippen LogP contribution in [0.25, 0.3) is 0 Å². The molecule has 8 heteroatoms. The minimum absolute atomic E-state index is 0.182. The maximum atomic E-state index is 12.6. The number of piperidine rings is 1. The minimum Gasteiger partial charge on any atom is -0.497 e. The van der Waals surface area contributed by atoms with Gasteiger partial charge in [0.05, 0.1) is 12.0 Å². The molecule has 24 heavy (non-hydrogen) atoms. The van der Waals surface area contributed by atoms with Gasteiger partial charge in [-0.25, -0.2) is 17.9 Å². The molecular formula is C16H22N2O5S. The van der Waals surface area contributed by atoms with Gasteiger partial charge >= 0.3 is 6.09 Å². The molecule has 1 aromatic carbocycles. The van der Waals surface area contributed by atoms with Crippen molar-refractivity contribution >= 4 is 16.1 Å². The molecule has 0 bridgehead atoms. The lowest BCUT2D eigenvalue weighted by Gasteiger charge is -2.35. The van der Waals surface area contributed by atoms with Gasteiger partial charge in [0.25, 0.3) is 0 Å². The number of hydrogen-bond acceptors (Lipinski definition) is 4. The molecule has 132 valence electrons. The lowest BCUT2D eigenvalue weighted by molar-refractivity contribution is 0.116. The van der Waals surface area contributed by atoms with E-state index in [0.717, 1.165) is 12.8 Å². The van der Waals surface area contributed by atoms with Gasteiger partial charge in [-0.3, -0.25) is 0 Å². The average Bonchev–Trinajstić information content (AvgIpc) is 3.35. The van der Waals surface area contributed by atoms with E-state index in [1.54, 1.807) is 12.1 Å². The summed E-state index contributed by atoms with van der Waals surface area (Å²) in [5, 5.41) is 9.02. The molecule has 1 aliphatic heterocycles. The van der Waals surface area contributed by atoms with Crippen LogP contribution in [-0.4, -0.2) is 50.3 Å². The van der Waals surface area contributed by atoms with Crippen molar-refractivity contribution in [1.82, 2.24) is 9.62 Å². The van der Waals surface area contributed by atoms with Gasteiger partial charge in [-0.15, -0.1) is 0 Å². The number of ether oxygens (including phenoxy) is 1. The van der Waals surface area contributed by atoms with Crippen LogP contribution in [0, 0.1) is 5.92 Å². The zero-order valence-electron chi connectivity index (χ0n) is 13.6. The van der Waals surface area contributed by atoms with Crippen LogP contribution in [0.3, 0.4) is 0 Å². The molecule has 2 fully saturated rings. The summed E-state index contributed by atoms with van der Waals surface area (Å²) in [6, 6.07) is 6.31. The van der Waals surface area contributed by atoms with Crippen LogP contribution in [0.4, 0.5) is 4.79 Å². The van der Waals surface area contributed by atoms with Gasteiger partial charge in [0.2, 0.25) is 10.0 Å². The number of methoxy groups -OCH3 is 1. The Bertz CT molecular complexity index is 704. The fourth-order valence-corrected chi connectivity index (χ4v) is 4.95. The number of carbonyl (C=O) groups is 1. The monoisotopic (exact) mass is 354 g/mol. The Hall–Kier alpha value is -1.80.